The van der Waals surface area contributed by atoms with Gasteiger partial charge in [-0.15, -0.1) is 0 Å². The van der Waals surface area contributed by atoms with Gasteiger partial charge in [-0.05, 0) is 4.92 Å². The fourth-order valence-corrected chi connectivity index (χ4v) is 0.966. The van der Waals surface area contributed by atoms with Crippen LogP contribution in [0.2, 0.25) is 0 Å². The Hall–Kier alpha value is -2.25. The minimum atomic E-state index is -0.640. The summed E-state index contributed by atoms with van der Waals surface area (Å²) in [5.41, 5.74) is 5.61. The predicted octanol–water partition coefficient (Wildman–Crippen LogP) is -0.157. The molecule has 0 aromatic carbocycles. The van der Waals surface area contributed by atoms with Crippen LogP contribution in [-0.4, -0.2) is 24.9 Å². The minimum Gasteiger partial charge on any atom is -0.358 e. The number of fused-ring (bicyclic) bond motifs is 1. The summed E-state index contributed by atoms with van der Waals surface area (Å²) in [6.07, 6.45) is 1.30. The van der Waals surface area contributed by atoms with E-state index in [-0.39, 0.29) is 22.9 Å². The smallest absolute Gasteiger partial charge is 0.358 e. The molecule has 0 unspecified atom stereocenters. The number of rotatable bonds is 1. The fraction of sp³-hybridized carbons (Fsp3) is 0. The van der Waals surface area contributed by atoms with E-state index in [1.54, 1.807) is 0 Å². The molecule has 13 heavy (non-hydrogen) atoms. The summed E-state index contributed by atoms with van der Waals surface area (Å²) in [6, 6.07) is 0. The molecule has 2 aromatic rings. The Bertz CT molecular complexity index is 477. The molecule has 8 nitrogen and oxygen atoms in total. The van der Waals surface area contributed by atoms with Crippen LogP contribution < -0.4 is 5.73 Å². The van der Waals surface area contributed by atoms with Crippen molar-refractivity contribution in [2.75, 3.05) is 5.73 Å². The van der Waals surface area contributed by atoms with Crippen molar-refractivity contribution < 1.29 is 4.92 Å². The molecule has 0 atom stereocenters. The Morgan fingerprint density at radius 1 is 1.54 bits per heavy atom. The lowest BCUT2D eigenvalue weighted by Gasteiger charge is -1.92. The monoisotopic (exact) mass is 180 g/mol. The zero-order chi connectivity index (χ0) is 9.42. The van der Waals surface area contributed by atoms with E-state index in [2.05, 4.69) is 19.9 Å². The zero-order valence-electron chi connectivity index (χ0n) is 6.26. The standard InChI is InChI=1S/C5H4N6O2/c6-5-9-3-2(7-1-8-3)4(10-5)11(12)13/h1H,(H3,6,7,8,9,10). The van der Waals surface area contributed by atoms with Crippen LogP contribution >= 0.6 is 0 Å². The van der Waals surface area contributed by atoms with Crippen molar-refractivity contribution in [3.8, 4) is 0 Å². The lowest BCUT2D eigenvalue weighted by Crippen LogP contribution is -2.00. The van der Waals surface area contributed by atoms with Gasteiger partial charge in [0.1, 0.15) is 0 Å². The minimum absolute atomic E-state index is 0.161. The molecule has 3 N–H and O–H groups in total. The summed E-state index contributed by atoms with van der Waals surface area (Å²) in [4.78, 5) is 23.3. The van der Waals surface area contributed by atoms with Crippen molar-refractivity contribution in [3.05, 3.63) is 16.4 Å². The van der Waals surface area contributed by atoms with Crippen LogP contribution in [0.1, 0.15) is 0 Å². The highest BCUT2D eigenvalue weighted by Gasteiger charge is 2.18. The maximum atomic E-state index is 10.5. The summed E-state index contributed by atoms with van der Waals surface area (Å²) in [5.74, 6) is -0.522. The Balaban J connectivity index is 2.84. The van der Waals surface area contributed by atoms with E-state index >= 15 is 0 Å². The molecule has 0 spiro atoms. The van der Waals surface area contributed by atoms with Crippen molar-refractivity contribution in [2.24, 2.45) is 0 Å². The van der Waals surface area contributed by atoms with Crippen molar-refractivity contribution >= 4 is 22.9 Å². The summed E-state index contributed by atoms with van der Waals surface area (Å²) in [6.45, 7) is 0. The lowest BCUT2D eigenvalue weighted by atomic mass is 10.5. The second kappa shape index (κ2) is 2.37. The quantitative estimate of drug-likeness (QED) is 0.464. The molecule has 8 heteroatoms. The van der Waals surface area contributed by atoms with Crippen LogP contribution in [0.15, 0.2) is 6.33 Å². The maximum absolute atomic E-state index is 10.5. The van der Waals surface area contributed by atoms with E-state index in [0.717, 1.165) is 0 Å². The van der Waals surface area contributed by atoms with Gasteiger partial charge in [0, 0.05) is 4.98 Å². The molecule has 0 aliphatic carbocycles. The van der Waals surface area contributed by atoms with E-state index in [9.17, 15) is 10.1 Å². The van der Waals surface area contributed by atoms with E-state index in [1.807, 2.05) is 0 Å². The number of nitrogens with zero attached hydrogens (tertiary/aromatic N) is 4. The van der Waals surface area contributed by atoms with E-state index in [1.165, 1.54) is 6.33 Å². The Morgan fingerprint density at radius 2 is 2.31 bits per heavy atom. The number of anilines is 1. The first kappa shape index (κ1) is 7.40. The molecule has 0 saturated heterocycles. The highest BCUT2D eigenvalue weighted by molar-refractivity contribution is 5.79. The molecule has 2 aromatic heterocycles. The molecule has 0 aliphatic rings. The number of hydrogen-bond donors (Lipinski definition) is 2. The Morgan fingerprint density at radius 3 is 3.00 bits per heavy atom. The SMILES string of the molecule is Nc1nc([N+](=O)[O-])c2[nH]cnc2n1. The lowest BCUT2D eigenvalue weighted by molar-refractivity contribution is -0.387. The number of hydrogen-bond acceptors (Lipinski definition) is 6. The second-order valence-corrected chi connectivity index (χ2v) is 2.26. The third kappa shape index (κ3) is 1.04. The zero-order valence-corrected chi connectivity index (χ0v) is 6.26. The molecule has 0 amide bonds. The van der Waals surface area contributed by atoms with Gasteiger partial charge in [-0.25, -0.2) is 4.98 Å². The van der Waals surface area contributed by atoms with Gasteiger partial charge in [0.2, 0.25) is 0 Å². The van der Waals surface area contributed by atoms with Crippen molar-refractivity contribution in [1.29, 1.82) is 0 Å². The van der Waals surface area contributed by atoms with Gasteiger partial charge in [0.05, 0.1) is 6.33 Å². The fourth-order valence-electron chi connectivity index (χ4n) is 0.966. The molecule has 0 saturated carbocycles. The number of nitrogens with one attached hydrogen (secondary N) is 1. The Labute approximate surface area is 71.0 Å². The molecule has 0 bridgehead atoms. The molecule has 2 rings (SSSR count). The first-order chi connectivity index (χ1) is 6.18. The number of nitrogen functional groups attached to an aromatic ring is 1. The molecular formula is C5H4N6O2. The van der Waals surface area contributed by atoms with Crippen LogP contribution in [-0.2, 0) is 0 Å². The van der Waals surface area contributed by atoms with Crippen LogP contribution in [0, 0.1) is 10.1 Å². The average Bonchev–Trinajstić information content (AvgIpc) is 2.49. The Kier molecular flexibility index (Phi) is 1.35. The van der Waals surface area contributed by atoms with E-state index < -0.39 is 4.92 Å². The highest BCUT2D eigenvalue weighted by atomic mass is 16.6. The number of nitrogens with two attached hydrogens (primary N) is 1. The van der Waals surface area contributed by atoms with Gasteiger partial charge in [0.15, 0.2) is 11.2 Å². The van der Waals surface area contributed by atoms with Crippen molar-refractivity contribution in [1.82, 2.24) is 19.9 Å². The molecular weight excluding hydrogens is 176 g/mol. The molecule has 66 valence electrons. The number of H-pyrrole nitrogens is 1. The van der Waals surface area contributed by atoms with Crippen LogP contribution in [0.5, 0.6) is 0 Å². The van der Waals surface area contributed by atoms with Crippen LogP contribution in [0.4, 0.5) is 11.8 Å². The van der Waals surface area contributed by atoms with Gasteiger partial charge in [-0.1, -0.05) is 0 Å². The highest BCUT2D eigenvalue weighted by Crippen LogP contribution is 2.18. The van der Waals surface area contributed by atoms with E-state index in [4.69, 9.17) is 5.73 Å². The van der Waals surface area contributed by atoms with Crippen LogP contribution in [0.3, 0.4) is 0 Å². The molecule has 2 heterocycles. The number of aromatic amines is 1. The molecule has 0 radical (unpaired) electrons. The predicted molar refractivity (Wildman–Crippen MR) is 42.8 cm³/mol. The molecule has 0 fully saturated rings. The van der Waals surface area contributed by atoms with E-state index in [0.29, 0.717) is 0 Å². The summed E-state index contributed by atoms with van der Waals surface area (Å²) < 4.78 is 0. The third-order valence-electron chi connectivity index (χ3n) is 1.46. The van der Waals surface area contributed by atoms with Crippen molar-refractivity contribution in [3.63, 3.8) is 0 Å². The molecule has 0 aliphatic heterocycles. The summed E-state index contributed by atoms with van der Waals surface area (Å²) >= 11 is 0. The van der Waals surface area contributed by atoms with Gasteiger partial charge in [-0.3, -0.25) is 0 Å². The number of imidazole rings is 1. The maximum Gasteiger partial charge on any atom is 0.395 e. The normalized spacial score (nSPS) is 10.5. The third-order valence-corrected chi connectivity index (χ3v) is 1.46. The van der Waals surface area contributed by atoms with Crippen LogP contribution in [0.25, 0.3) is 11.2 Å². The first-order valence-electron chi connectivity index (χ1n) is 3.29. The number of aromatic nitrogens is 4. The topological polar surface area (TPSA) is 124 Å². The second-order valence-electron chi connectivity index (χ2n) is 2.26. The number of nitro groups is 1. The van der Waals surface area contributed by atoms with Gasteiger partial charge in [-0.2, -0.15) is 4.98 Å². The van der Waals surface area contributed by atoms with Gasteiger partial charge >= 0.3 is 11.8 Å². The summed E-state index contributed by atoms with van der Waals surface area (Å²) in [7, 11) is 0. The average molecular weight is 180 g/mol. The van der Waals surface area contributed by atoms with Gasteiger partial charge in [0.25, 0.3) is 0 Å². The summed E-state index contributed by atoms with van der Waals surface area (Å²) in [5, 5.41) is 10.5. The largest absolute Gasteiger partial charge is 0.395 e. The first-order valence-corrected chi connectivity index (χ1v) is 3.29. The van der Waals surface area contributed by atoms with Gasteiger partial charge < -0.3 is 20.8 Å². The van der Waals surface area contributed by atoms with Crippen molar-refractivity contribution in [2.45, 2.75) is 0 Å².